The first-order valence-electron chi connectivity index (χ1n) is 11.0. The number of ether oxygens (including phenoxy) is 1. The van der Waals surface area contributed by atoms with Crippen molar-refractivity contribution in [1.29, 1.82) is 0 Å². The van der Waals surface area contributed by atoms with Crippen LogP contribution < -0.4 is 5.73 Å². The molecule has 36 heavy (non-hydrogen) atoms. The average molecular weight is 523 g/mol. The van der Waals surface area contributed by atoms with E-state index in [0.29, 0.717) is 32.9 Å². The van der Waals surface area contributed by atoms with Crippen molar-refractivity contribution in [3.63, 3.8) is 0 Å². The van der Waals surface area contributed by atoms with Gasteiger partial charge in [-0.05, 0) is 29.8 Å². The lowest BCUT2D eigenvalue weighted by atomic mass is 10.1. The molecular weight excluding hydrogens is 500 g/mol. The highest BCUT2D eigenvalue weighted by Crippen LogP contribution is 2.34. The molecule has 184 valence electrons. The molecule has 3 N–H and O–H groups in total. The molecule has 1 aliphatic heterocycles. The largest absolute Gasteiger partial charge is 0.480 e. The second-order valence-electron chi connectivity index (χ2n) is 7.90. The minimum absolute atomic E-state index is 0.0271. The van der Waals surface area contributed by atoms with E-state index >= 15 is 0 Å². The third-order valence-electron chi connectivity index (χ3n) is 5.34. The molecule has 1 atom stereocenters. The van der Waals surface area contributed by atoms with Gasteiger partial charge in [-0.25, -0.2) is 4.79 Å². The zero-order valence-corrected chi connectivity index (χ0v) is 20.6. The lowest BCUT2D eigenvalue weighted by Crippen LogP contribution is -2.31. The molecular formula is C26H22N2O6S2. The summed E-state index contributed by atoms with van der Waals surface area (Å²) in [4.78, 5) is 37.8. The molecule has 0 spiro atoms. The van der Waals surface area contributed by atoms with E-state index in [1.54, 1.807) is 47.4 Å². The maximum absolute atomic E-state index is 12.9. The first-order chi connectivity index (χ1) is 17.3. The van der Waals surface area contributed by atoms with E-state index in [4.69, 9.17) is 32.2 Å². The zero-order valence-electron chi connectivity index (χ0n) is 19.0. The Hall–Kier alpha value is -3.73. The number of thiocarbonyl (C=S) groups is 1. The predicted octanol–water partition coefficient (Wildman–Crippen LogP) is 4.31. The van der Waals surface area contributed by atoms with E-state index in [9.17, 15) is 14.4 Å². The Labute approximate surface area is 216 Å². The van der Waals surface area contributed by atoms with Crippen LogP contribution in [0.5, 0.6) is 0 Å². The van der Waals surface area contributed by atoms with Crippen molar-refractivity contribution in [2.75, 3.05) is 6.61 Å². The molecule has 1 amide bonds. The summed E-state index contributed by atoms with van der Waals surface area (Å²) >= 11 is 6.63. The first-order valence-corrected chi connectivity index (χ1v) is 12.2. The number of esters is 1. The van der Waals surface area contributed by atoms with Crippen molar-refractivity contribution in [2.24, 2.45) is 5.73 Å². The van der Waals surface area contributed by atoms with Gasteiger partial charge in [-0.15, -0.1) is 0 Å². The van der Waals surface area contributed by atoms with Gasteiger partial charge >= 0.3 is 11.9 Å². The van der Waals surface area contributed by atoms with Crippen LogP contribution in [0.3, 0.4) is 0 Å². The Morgan fingerprint density at radius 3 is 2.53 bits per heavy atom. The number of furan rings is 1. The molecule has 0 aliphatic carbocycles. The Kier molecular flexibility index (Phi) is 7.99. The van der Waals surface area contributed by atoms with Crippen LogP contribution in [0.2, 0.25) is 0 Å². The van der Waals surface area contributed by atoms with Gasteiger partial charge in [0.2, 0.25) is 0 Å². The van der Waals surface area contributed by atoms with Crippen LogP contribution in [0.4, 0.5) is 0 Å². The highest BCUT2D eigenvalue weighted by Gasteiger charge is 2.32. The van der Waals surface area contributed by atoms with Crippen molar-refractivity contribution < 1.29 is 28.6 Å². The Bertz CT molecular complexity index is 1320. The number of carboxylic acids is 1. The van der Waals surface area contributed by atoms with Crippen LogP contribution in [0.25, 0.3) is 17.4 Å². The molecule has 1 fully saturated rings. The Balaban J connectivity index is 1.38. The predicted molar refractivity (Wildman–Crippen MR) is 140 cm³/mol. The van der Waals surface area contributed by atoms with Gasteiger partial charge in [0.1, 0.15) is 21.9 Å². The fourth-order valence-electron chi connectivity index (χ4n) is 3.37. The molecule has 0 bridgehead atoms. The van der Waals surface area contributed by atoms with E-state index in [1.165, 1.54) is 11.8 Å². The topological polar surface area (TPSA) is 123 Å². The zero-order chi connectivity index (χ0) is 25.7. The van der Waals surface area contributed by atoms with Gasteiger partial charge < -0.3 is 20.0 Å². The van der Waals surface area contributed by atoms with Crippen molar-refractivity contribution in [1.82, 2.24) is 4.90 Å². The Morgan fingerprint density at radius 2 is 1.83 bits per heavy atom. The van der Waals surface area contributed by atoms with E-state index < -0.39 is 18.0 Å². The smallest absolute Gasteiger partial charge is 0.338 e. The summed E-state index contributed by atoms with van der Waals surface area (Å²) in [6.07, 6.45) is 1.70. The number of thioether (sulfide) groups is 1. The minimum atomic E-state index is -1.15. The summed E-state index contributed by atoms with van der Waals surface area (Å²) in [5.74, 6) is -0.820. The molecule has 1 unspecified atom stereocenters. The van der Waals surface area contributed by atoms with Crippen LogP contribution in [-0.4, -0.2) is 44.8 Å². The highest BCUT2D eigenvalue weighted by atomic mass is 32.2. The molecule has 4 rings (SSSR count). The number of carbonyl (C=O) groups is 3. The maximum Gasteiger partial charge on any atom is 0.338 e. The van der Waals surface area contributed by atoms with Gasteiger partial charge in [-0.1, -0.05) is 66.4 Å². The van der Waals surface area contributed by atoms with E-state index in [-0.39, 0.29) is 18.9 Å². The number of benzene rings is 2. The van der Waals surface area contributed by atoms with Crippen LogP contribution in [0, 0.1) is 0 Å². The number of nitrogens with zero attached hydrogens (tertiary/aromatic N) is 1. The standard InChI is InChI=1S/C26H22N2O6S2/c27-20(24(30)31)12-13-33-25(32)18-8-6-17(7-9-18)21-11-10-19(34-21)14-22-23(29)28(26(35)36-22)15-16-4-2-1-3-5-16/h1-11,14,20H,12-13,15,27H2,(H,30,31)/b22-14+. The lowest BCUT2D eigenvalue weighted by Gasteiger charge is -2.14. The second-order valence-corrected chi connectivity index (χ2v) is 9.58. The van der Waals surface area contributed by atoms with E-state index in [1.807, 2.05) is 30.3 Å². The number of nitrogens with two attached hydrogens (primary N) is 1. The van der Waals surface area contributed by atoms with Crippen LogP contribution in [0.1, 0.15) is 28.1 Å². The summed E-state index contributed by atoms with van der Waals surface area (Å²) in [5, 5.41) is 8.77. The molecule has 8 nitrogen and oxygen atoms in total. The second kappa shape index (κ2) is 11.3. The number of rotatable bonds is 9. The van der Waals surface area contributed by atoms with Gasteiger partial charge in [0.05, 0.1) is 23.6 Å². The summed E-state index contributed by atoms with van der Waals surface area (Å²) < 4.78 is 11.5. The number of hydrogen-bond acceptors (Lipinski definition) is 8. The molecule has 1 aliphatic rings. The molecule has 2 aromatic carbocycles. The van der Waals surface area contributed by atoms with Gasteiger partial charge in [0.15, 0.2) is 0 Å². The first kappa shape index (κ1) is 25.4. The number of carbonyl (C=O) groups excluding carboxylic acids is 2. The monoisotopic (exact) mass is 522 g/mol. The molecule has 2 heterocycles. The van der Waals surface area contributed by atoms with Gasteiger partial charge in [0.25, 0.3) is 5.91 Å². The fourth-order valence-corrected chi connectivity index (χ4v) is 4.61. The number of hydrogen-bond donors (Lipinski definition) is 2. The molecule has 3 aromatic rings. The number of aliphatic carboxylic acids is 1. The van der Waals surface area contributed by atoms with Gasteiger partial charge in [-0.2, -0.15) is 0 Å². The van der Waals surface area contributed by atoms with Gasteiger partial charge in [0, 0.05) is 18.1 Å². The Morgan fingerprint density at radius 1 is 1.11 bits per heavy atom. The highest BCUT2D eigenvalue weighted by molar-refractivity contribution is 8.26. The number of carboxylic acid groups (broad SMARTS) is 1. The van der Waals surface area contributed by atoms with Crippen LogP contribution in [0.15, 0.2) is 76.1 Å². The number of amides is 1. The van der Waals surface area contributed by atoms with E-state index in [2.05, 4.69) is 0 Å². The van der Waals surface area contributed by atoms with Crippen molar-refractivity contribution in [3.05, 3.63) is 88.5 Å². The summed E-state index contributed by atoms with van der Waals surface area (Å²) in [6, 6.07) is 18.7. The molecule has 1 saturated heterocycles. The molecule has 1 aromatic heterocycles. The third kappa shape index (κ3) is 6.09. The molecule has 0 radical (unpaired) electrons. The lowest BCUT2D eigenvalue weighted by molar-refractivity contribution is -0.138. The summed E-state index contributed by atoms with van der Waals surface area (Å²) in [7, 11) is 0. The SMILES string of the molecule is NC(CCOC(=O)c1ccc(-c2ccc(/C=C3/SC(=S)N(Cc4ccccc4)C3=O)o2)cc1)C(=O)O. The fraction of sp³-hybridized carbons (Fsp3) is 0.154. The quantitative estimate of drug-likeness (QED) is 0.240. The molecule has 10 heteroatoms. The van der Waals surface area contributed by atoms with Crippen LogP contribution in [-0.2, 0) is 20.9 Å². The normalized spacial score (nSPS) is 15.4. The van der Waals surface area contributed by atoms with Crippen molar-refractivity contribution >= 4 is 52.2 Å². The maximum atomic E-state index is 12.9. The van der Waals surface area contributed by atoms with E-state index in [0.717, 1.165) is 11.1 Å². The average Bonchev–Trinajstić information content (AvgIpc) is 3.45. The van der Waals surface area contributed by atoms with Gasteiger partial charge in [-0.3, -0.25) is 14.5 Å². The molecule has 0 saturated carbocycles. The minimum Gasteiger partial charge on any atom is -0.480 e. The van der Waals surface area contributed by atoms with Crippen LogP contribution >= 0.6 is 24.0 Å². The van der Waals surface area contributed by atoms with Crippen molar-refractivity contribution in [2.45, 2.75) is 19.0 Å². The summed E-state index contributed by atoms with van der Waals surface area (Å²) in [6.45, 7) is 0.320. The third-order valence-corrected chi connectivity index (χ3v) is 6.72. The summed E-state index contributed by atoms with van der Waals surface area (Å²) in [5.41, 5.74) is 7.44. The van der Waals surface area contributed by atoms with Crippen molar-refractivity contribution in [3.8, 4) is 11.3 Å².